The van der Waals surface area contributed by atoms with Crippen molar-refractivity contribution in [2.45, 2.75) is 13.8 Å². The van der Waals surface area contributed by atoms with E-state index < -0.39 is 0 Å². The van der Waals surface area contributed by atoms with Gasteiger partial charge in [0.2, 0.25) is 0 Å². The van der Waals surface area contributed by atoms with Gasteiger partial charge in [-0.25, -0.2) is 0 Å². The third-order valence-corrected chi connectivity index (χ3v) is 2.74. The smallest absolute Gasteiger partial charge is 0.129 e. The summed E-state index contributed by atoms with van der Waals surface area (Å²) in [4.78, 5) is 0. The average molecular weight is 224 g/mol. The van der Waals surface area contributed by atoms with Crippen molar-refractivity contribution in [3.8, 4) is 0 Å². The van der Waals surface area contributed by atoms with Gasteiger partial charge in [0.1, 0.15) is 5.49 Å². The van der Waals surface area contributed by atoms with Crippen LogP contribution in [-0.2, 0) is 0 Å². The van der Waals surface area contributed by atoms with Crippen molar-refractivity contribution in [1.82, 2.24) is 4.57 Å². The summed E-state index contributed by atoms with van der Waals surface area (Å²) in [5.74, 6) is 0. The number of pyridine rings is 1. The van der Waals surface area contributed by atoms with E-state index in [1.165, 1.54) is 5.56 Å². The predicted octanol–water partition coefficient (Wildman–Crippen LogP) is 3.10. The molecule has 2 nitrogen and oxygen atoms in total. The minimum Gasteiger partial charge on any atom is -0.302 e. The minimum absolute atomic E-state index is 0.446. The first-order chi connectivity index (χ1) is 8.08. The summed E-state index contributed by atoms with van der Waals surface area (Å²) in [5.41, 5.74) is 4.65. The molecule has 17 heavy (non-hydrogen) atoms. The van der Waals surface area contributed by atoms with Crippen LogP contribution in [0, 0.1) is 19.3 Å². The van der Waals surface area contributed by atoms with Crippen LogP contribution in [0.25, 0.3) is 5.70 Å². The Hall–Kier alpha value is -2.09. The number of rotatable bonds is 2. The van der Waals surface area contributed by atoms with Crippen LogP contribution in [0.3, 0.4) is 0 Å². The lowest BCUT2D eigenvalue weighted by Crippen LogP contribution is -2.18. The van der Waals surface area contributed by atoms with Crippen LogP contribution in [0.4, 0.5) is 0 Å². The number of nitrogens with zero attached hydrogens (tertiary/aromatic N) is 1. The van der Waals surface area contributed by atoms with Crippen LogP contribution >= 0.6 is 0 Å². The van der Waals surface area contributed by atoms with Gasteiger partial charge in [-0.2, -0.15) is 0 Å². The van der Waals surface area contributed by atoms with E-state index in [0.29, 0.717) is 5.49 Å². The Kier molecular flexibility index (Phi) is 2.96. The predicted molar refractivity (Wildman–Crippen MR) is 70.6 cm³/mol. The van der Waals surface area contributed by atoms with Crippen LogP contribution in [0.1, 0.15) is 16.7 Å². The highest BCUT2D eigenvalue weighted by atomic mass is 15.0. The molecule has 0 radical (unpaired) electrons. The molecule has 0 amide bonds. The number of nitrogens with one attached hydrogen (secondary N) is 1. The highest BCUT2D eigenvalue weighted by Crippen LogP contribution is 2.14. The normalized spacial score (nSPS) is 10.2. The number of aryl methyl sites for hydroxylation is 2. The second-order valence-electron chi connectivity index (χ2n) is 4.28. The number of aromatic nitrogens is 1. The molecular weight excluding hydrogens is 208 g/mol. The molecule has 0 aliphatic carbocycles. The number of benzene rings is 1. The molecule has 1 heterocycles. The molecule has 0 spiro atoms. The fraction of sp³-hybridized carbons (Fsp3) is 0.133. The van der Waals surface area contributed by atoms with E-state index in [1.54, 1.807) is 6.07 Å². The Labute approximate surface area is 101 Å². The van der Waals surface area contributed by atoms with Crippen molar-refractivity contribution in [1.29, 1.82) is 5.41 Å². The molecule has 0 bridgehead atoms. The standard InChI is InChI=1S/C15H16N2/c1-11-5-4-6-14(9-11)13(3)17-10-12(2)7-8-15(17)16/h4-10,16H,3H2,1-2H3. The Bertz CT molecular complexity index is 621. The Morgan fingerprint density at radius 2 is 1.88 bits per heavy atom. The first-order valence-electron chi connectivity index (χ1n) is 5.58. The monoisotopic (exact) mass is 224 g/mol. The van der Waals surface area contributed by atoms with Crippen molar-refractivity contribution in [2.75, 3.05) is 0 Å². The average Bonchev–Trinajstić information content (AvgIpc) is 2.31. The van der Waals surface area contributed by atoms with E-state index >= 15 is 0 Å². The van der Waals surface area contributed by atoms with E-state index in [1.807, 2.05) is 35.9 Å². The molecule has 1 N–H and O–H groups in total. The van der Waals surface area contributed by atoms with Crippen molar-refractivity contribution in [3.05, 3.63) is 71.4 Å². The number of hydrogen-bond acceptors (Lipinski definition) is 1. The van der Waals surface area contributed by atoms with Gasteiger partial charge in [-0.1, -0.05) is 36.4 Å². The molecule has 2 aromatic rings. The zero-order chi connectivity index (χ0) is 12.4. The Morgan fingerprint density at radius 3 is 2.59 bits per heavy atom. The molecule has 1 aromatic carbocycles. The summed E-state index contributed by atoms with van der Waals surface area (Å²) in [6.45, 7) is 8.15. The van der Waals surface area contributed by atoms with Gasteiger partial charge in [0, 0.05) is 11.9 Å². The molecule has 1 aromatic heterocycles. The number of hydrogen-bond donors (Lipinski definition) is 1. The summed E-state index contributed by atoms with van der Waals surface area (Å²) in [5, 5.41) is 7.90. The molecule has 86 valence electrons. The van der Waals surface area contributed by atoms with Crippen LogP contribution < -0.4 is 5.49 Å². The van der Waals surface area contributed by atoms with Crippen molar-refractivity contribution < 1.29 is 0 Å². The largest absolute Gasteiger partial charge is 0.302 e. The second-order valence-corrected chi connectivity index (χ2v) is 4.28. The summed E-state index contributed by atoms with van der Waals surface area (Å²) >= 11 is 0. The summed E-state index contributed by atoms with van der Waals surface area (Å²) in [7, 11) is 0. The van der Waals surface area contributed by atoms with Crippen LogP contribution in [0.15, 0.2) is 49.2 Å². The lowest BCUT2D eigenvalue weighted by atomic mass is 10.1. The van der Waals surface area contributed by atoms with Crippen LogP contribution in [0.2, 0.25) is 0 Å². The maximum absolute atomic E-state index is 7.90. The minimum atomic E-state index is 0.446. The molecule has 0 aliphatic heterocycles. The van der Waals surface area contributed by atoms with Crippen LogP contribution in [0.5, 0.6) is 0 Å². The van der Waals surface area contributed by atoms with Gasteiger partial charge in [0.05, 0.1) is 0 Å². The summed E-state index contributed by atoms with van der Waals surface area (Å²) < 4.78 is 1.81. The van der Waals surface area contributed by atoms with E-state index in [0.717, 1.165) is 16.8 Å². The van der Waals surface area contributed by atoms with Gasteiger partial charge in [-0.3, -0.25) is 5.41 Å². The molecule has 2 rings (SSSR count). The third kappa shape index (κ3) is 2.36. The first-order valence-corrected chi connectivity index (χ1v) is 5.58. The lowest BCUT2D eigenvalue weighted by molar-refractivity contribution is 0.938. The van der Waals surface area contributed by atoms with Gasteiger partial charge in [-0.05, 0) is 37.1 Å². The molecule has 2 heteroatoms. The molecule has 0 aliphatic rings. The molecule has 0 saturated heterocycles. The molecule has 0 fully saturated rings. The maximum atomic E-state index is 7.90. The Morgan fingerprint density at radius 1 is 1.12 bits per heavy atom. The summed E-state index contributed by atoms with van der Waals surface area (Å²) in [6, 6.07) is 11.9. The topological polar surface area (TPSA) is 28.8 Å². The Balaban J connectivity index is 2.51. The van der Waals surface area contributed by atoms with Crippen molar-refractivity contribution >= 4 is 5.70 Å². The molecule has 0 unspecified atom stereocenters. The van der Waals surface area contributed by atoms with Crippen LogP contribution in [-0.4, -0.2) is 4.57 Å². The van der Waals surface area contributed by atoms with Gasteiger partial charge in [0.25, 0.3) is 0 Å². The van der Waals surface area contributed by atoms with Crippen molar-refractivity contribution in [2.24, 2.45) is 0 Å². The first kappa shape index (κ1) is 11.4. The molecular formula is C15H16N2. The van der Waals surface area contributed by atoms with E-state index in [-0.39, 0.29) is 0 Å². The van der Waals surface area contributed by atoms with E-state index in [4.69, 9.17) is 5.41 Å². The molecule has 0 saturated carbocycles. The fourth-order valence-electron chi connectivity index (χ4n) is 1.79. The van der Waals surface area contributed by atoms with Gasteiger partial charge in [-0.15, -0.1) is 0 Å². The fourth-order valence-corrected chi connectivity index (χ4v) is 1.79. The van der Waals surface area contributed by atoms with E-state index in [9.17, 15) is 0 Å². The zero-order valence-corrected chi connectivity index (χ0v) is 10.2. The van der Waals surface area contributed by atoms with Crippen molar-refractivity contribution in [3.63, 3.8) is 0 Å². The van der Waals surface area contributed by atoms with Gasteiger partial charge in [0.15, 0.2) is 0 Å². The highest BCUT2D eigenvalue weighted by molar-refractivity contribution is 5.64. The SMILES string of the molecule is C=C(c1cccc(C)c1)n1cc(C)ccc1=N. The quantitative estimate of drug-likeness (QED) is 0.812. The zero-order valence-electron chi connectivity index (χ0n) is 10.2. The maximum Gasteiger partial charge on any atom is 0.129 e. The lowest BCUT2D eigenvalue weighted by Gasteiger charge is -2.12. The second kappa shape index (κ2) is 4.42. The summed E-state index contributed by atoms with van der Waals surface area (Å²) in [6.07, 6.45) is 1.94. The van der Waals surface area contributed by atoms with E-state index in [2.05, 4.69) is 25.6 Å². The van der Waals surface area contributed by atoms with Gasteiger partial charge < -0.3 is 4.57 Å². The third-order valence-electron chi connectivity index (χ3n) is 2.74. The van der Waals surface area contributed by atoms with Gasteiger partial charge >= 0.3 is 0 Å². The highest BCUT2D eigenvalue weighted by Gasteiger charge is 2.02. The molecule has 0 atom stereocenters.